The van der Waals surface area contributed by atoms with E-state index in [4.69, 9.17) is 4.74 Å². The van der Waals surface area contributed by atoms with Gasteiger partial charge in [0, 0.05) is 13.1 Å². The number of phenols is 1. The summed E-state index contributed by atoms with van der Waals surface area (Å²) >= 11 is 3.30. The maximum Gasteiger partial charge on any atom is 0.129 e. The Bertz CT molecular complexity index is 517. The lowest BCUT2D eigenvalue weighted by molar-refractivity contribution is 0.313. The number of benzene rings is 2. The van der Waals surface area contributed by atoms with Crippen LogP contribution < -0.4 is 10.1 Å². The highest BCUT2D eigenvalue weighted by molar-refractivity contribution is 9.10. The summed E-state index contributed by atoms with van der Waals surface area (Å²) < 4.78 is 6.29. The van der Waals surface area contributed by atoms with Gasteiger partial charge < -0.3 is 15.2 Å². The maximum atomic E-state index is 9.39. The Morgan fingerprint density at radius 1 is 1.11 bits per heavy atom. The molecule has 4 heteroatoms. The molecule has 2 N–H and O–H groups in total. The third-order valence-electron chi connectivity index (χ3n) is 2.63. The zero-order valence-corrected chi connectivity index (χ0v) is 12.1. The minimum atomic E-state index is 0.260. The van der Waals surface area contributed by atoms with Crippen LogP contribution in [0, 0.1) is 0 Å². The number of ether oxygens (including phenoxy) is 1. The van der Waals surface area contributed by atoms with E-state index >= 15 is 0 Å². The highest BCUT2D eigenvalue weighted by Crippen LogP contribution is 2.24. The first-order valence-corrected chi connectivity index (χ1v) is 6.91. The van der Waals surface area contributed by atoms with Crippen LogP contribution in [0.2, 0.25) is 0 Å². The van der Waals surface area contributed by atoms with Crippen molar-refractivity contribution in [3.8, 4) is 11.5 Å². The van der Waals surface area contributed by atoms with Crippen molar-refractivity contribution in [3.05, 3.63) is 58.6 Å². The predicted octanol–water partition coefficient (Wildman–Crippen LogP) is 3.32. The Labute approximate surface area is 121 Å². The number of hydrogen-bond donors (Lipinski definition) is 2. The molecule has 0 unspecified atom stereocenters. The van der Waals surface area contributed by atoms with Crippen LogP contribution in [-0.2, 0) is 6.54 Å². The van der Waals surface area contributed by atoms with Crippen LogP contribution in [0.3, 0.4) is 0 Å². The third-order valence-corrected chi connectivity index (χ3v) is 3.27. The van der Waals surface area contributed by atoms with Gasteiger partial charge in [-0.15, -0.1) is 0 Å². The van der Waals surface area contributed by atoms with Crippen LogP contribution in [0.4, 0.5) is 0 Å². The second-order valence-electron chi connectivity index (χ2n) is 4.12. The Kier molecular flexibility index (Phi) is 5.24. The first-order chi connectivity index (χ1) is 9.25. The fraction of sp³-hybridized carbons (Fsp3) is 0.200. The minimum absolute atomic E-state index is 0.260. The van der Waals surface area contributed by atoms with Crippen LogP contribution in [0.1, 0.15) is 5.56 Å². The van der Waals surface area contributed by atoms with Gasteiger partial charge in [-0.2, -0.15) is 0 Å². The Morgan fingerprint density at radius 3 is 2.63 bits per heavy atom. The number of hydrogen-bond acceptors (Lipinski definition) is 3. The molecule has 100 valence electrons. The molecular weight excluding hydrogens is 306 g/mol. The van der Waals surface area contributed by atoms with Crippen LogP contribution in [0.25, 0.3) is 0 Å². The van der Waals surface area contributed by atoms with E-state index in [9.17, 15) is 5.11 Å². The van der Waals surface area contributed by atoms with Gasteiger partial charge in [-0.3, -0.25) is 0 Å². The molecule has 0 aliphatic carbocycles. The number of rotatable bonds is 6. The molecule has 2 aromatic rings. The molecule has 19 heavy (non-hydrogen) atoms. The van der Waals surface area contributed by atoms with Gasteiger partial charge in [-0.25, -0.2) is 0 Å². The van der Waals surface area contributed by atoms with Crippen LogP contribution in [0.5, 0.6) is 11.5 Å². The summed E-state index contributed by atoms with van der Waals surface area (Å²) in [5, 5.41) is 12.7. The summed E-state index contributed by atoms with van der Waals surface area (Å²) in [5.74, 6) is 1.15. The van der Waals surface area contributed by atoms with Crippen LogP contribution >= 0.6 is 15.9 Å². The van der Waals surface area contributed by atoms with Crippen molar-refractivity contribution in [2.75, 3.05) is 13.2 Å². The summed E-state index contributed by atoms with van der Waals surface area (Å²) in [5.41, 5.74) is 1.12. The van der Waals surface area contributed by atoms with Crippen molar-refractivity contribution in [2.24, 2.45) is 0 Å². The number of halogens is 1. The maximum absolute atomic E-state index is 9.39. The number of nitrogens with one attached hydrogen (secondary N) is 1. The Hall–Kier alpha value is -1.52. The molecule has 0 aliphatic rings. The van der Waals surface area contributed by atoms with E-state index in [2.05, 4.69) is 21.2 Å². The normalized spacial score (nSPS) is 10.4. The van der Waals surface area contributed by atoms with Gasteiger partial charge in [-0.1, -0.05) is 24.3 Å². The highest BCUT2D eigenvalue weighted by Gasteiger charge is 1.99. The molecule has 2 rings (SSSR count). The molecule has 0 aromatic heterocycles. The summed E-state index contributed by atoms with van der Waals surface area (Å²) in [7, 11) is 0. The molecule has 0 amide bonds. The van der Waals surface area contributed by atoms with Gasteiger partial charge in [0.25, 0.3) is 0 Å². The number of aromatic hydroxyl groups is 1. The van der Waals surface area contributed by atoms with E-state index in [-0.39, 0.29) is 5.75 Å². The van der Waals surface area contributed by atoms with Crippen molar-refractivity contribution < 1.29 is 9.84 Å². The highest BCUT2D eigenvalue weighted by atomic mass is 79.9. The van der Waals surface area contributed by atoms with Crippen molar-refractivity contribution in [3.63, 3.8) is 0 Å². The summed E-state index contributed by atoms with van der Waals surface area (Å²) in [4.78, 5) is 0. The lowest BCUT2D eigenvalue weighted by atomic mass is 10.2. The van der Waals surface area contributed by atoms with Crippen molar-refractivity contribution >= 4 is 15.9 Å². The van der Waals surface area contributed by atoms with Gasteiger partial charge in [0.1, 0.15) is 18.1 Å². The van der Waals surface area contributed by atoms with Gasteiger partial charge in [0.2, 0.25) is 0 Å². The summed E-state index contributed by atoms with van der Waals surface area (Å²) in [6.45, 7) is 2.15. The second kappa shape index (κ2) is 7.16. The topological polar surface area (TPSA) is 41.5 Å². The van der Waals surface area contributed by atoms with Crippen molar-refractivity contribution in [1.29, 1.82) is 0 Å². The molecule has 0 heterocycles. The van der Waals surface area contributed by atoms with E-state index in [1.54, 1.807) is 6.07 Å². The van der Waals surface area contributed by atoms with E-state index in [0.717, 1.165) is 24.4 Å². The van der Waals surface area contributed by atoms with E-state index < -0.39 is 0 Å². The van der Waals surface area contributed by atoms with Crippen LogP contribution in [-0.4, -0.2) is 18.3 Å². The summed E-state index contributed by atoms with van der Waals surface area (Å²) in [6.07, 6.45) is 0. The average molecular weight is 322 g/mol. The molecule has 0 aliphatic heterocycles. The molecule has 0 bridgehead atoms. The molecule has 0 spiro atoms. The monoisotopic (exact) mass is 321 g/mol. The fourth-order valence-corrected chi connectivity index (χ4v) is 2.08. The first-order valence-electron chi connectivity index (χ1n) is 6.11. The van der Waals surface area contributed by atoms with E-state index in [0.29, 0.717) is 11.1 Å². The first kappa shape index (κ1) is 13.9. The number of para-hydroxylation sites is 1. The van der Waals surface area contributed by atoms with Crippen LogP contribution in [0.15, 0.2) is 53.0 Å². The number of phenolic OH excluding ortho intramolecular Hbond substituents is 1. The van der Waals surface area contributed by atoms with Gasteiger partial charge in [0.15, 0.2) is 0 Å². The fourth-order valence-electron chi connectivity index (χ4n) is 1.65. The lowest BCUT2D eigenvalue weighted by Gasteiger charge is -2.08. The molecule has 0 saturated heterocycles. The Morgan fingerprint density at radius 2 is 1.89 bits per heavy atom. The molecule has 0 fully saturated rings. The smallest absolute Gasteiger partial charge is 0.129 e. The molecule has 0 radical (unpaired) electrons. The standard InChI is InChI=1S/C15H16BrNO2/c16-14-10-12(6-7-15(14)18)11-17-8-9-19-13-4-2-1-3-5-13/h1-7,10,17-18H,8-9,11H2. The SMILES string of the molecule is Oc1ccc(CNCCOc2ccccc2)cc1Br. The largest absolute Gasteiger partial charge is 0.507 e. The van der Waals surface area contributed by atoms with E-state index in [1.807, 2.05) is 42.5 Å². The predicted molar refractivity (Wildman–Crippen MR) is 79.5 cm³/mol. The molecule has 3 nitrogen and oxygen atoms in total. The van der Waals surface area contributed by atoms with Gasteiger partial charge in [0.05, 0.1) is 4.47 Å². The molecule has 0 saturated carbocycles. The van der Waals surface area contributed by atoms with Gasteiger partial charge >= 0.3 is 0 Å². The van der Waals surface area contributed by atoms with Crippen molar-refractivity contribution in [2.45, 2.75) is 6.54 Å². The molecule has 2 aromatic carbocycles. The zero-order chi connectivity index (χ0) is 13.5. The third kappa shape index (κ3) is 4.58. The minimum Gasteiger partial charge on any atom is -0.507 e. The van der Waals surface area contributed by atoms with Crippen molar-refractivity contribution in [1.82, 2.24) is 5.32 Å². The summed E-state index contributed by atoms with van der Waals surface area (Å²) in [6, 6.07) is 15.2. The van der Waals surface area contributed by atoms with Gasteiger partial charge in [-0.05, 0) is 45.8 Å². The average Bonchev–Trinajstić information content (AvgIpc) is 2.43. The molecular formula is C15H16BrNO2. The van der Waals surface area contributed by atoms with E-state index in [1.165, 1.54) is 0 Å². The quantitative estimate of drug-likeness (QED) is 0.802. The second-order valence-corrected chi connectivity index (χ2v) is 4.98. The molecule has 0 atom stereocenters. The Balaban J connectivity index is 1.68. The zero-order valence-electron chi connectivity index (χ0n) is 10.5. The lowest BCUT2D eigenvalue weighted by Crippen LogP contribution is -2.20.